The Kier molecular flexibility index (Phi) is 5.45. The zero-order valence-corrected chi connectivity index (χ0v) is 12.5. The normalized spacial score (nSPS) is 22.0. The maximum Gasteiger partial charge on any atom is 0.329 e. The molecule has 0 saturated heterocycles. The van der Waals surface area contributed by atoms with Crippen LogP contribution in [0.5, 0.6) is 0 Å². The molecule has 0 aromatic rings. The molecule has 0 aromatic heterocycles. The first kappa shape index (κ1) is 16.1. The molecular weight excluding hydrogens is 272 g/mol. The number of hydrogen-bond donors (Lipinski definition) is 3. The van der Waals surface area contributed by atoms with Crippen molar-refractivity contribution in [2.75, 3.05) is 13.2 Å². The molecule has 6 nitrogen and oxygen atoms in total. The van der Waals surface area contributed by atoms with Gasteiger partial charge in [0.2, 0.25) is 0 Å². The van der Waals surface area contributed by atoms with Crippen molar-refractivity contribution in [2.24, 2.45) is 0 Å². The van der Waals surface area contributed by atoms with Crippen molar-refractivity contribution >= 4 is 12.0 Å². The first-order chi connectivity index (χ1) is 10.1. The van der Waals surface area contributed by atoms with Gasteiger partial charge in [-0.3, -0.25) is 0 Å². The van der Waals surface area contributed by atoms with Crippen molar-refractivity contribution in [3.8, 4) is 0 Å². The van der Waals surface area contributed by atoms with E-state index >= 15 is 0 Å². The summed E-state index contributed by atoms with van der Waals surface area (Å²) in [5.74, 6) is -0.944. The van der Waals surface area contributed by atoms with E-state index in [1.807, 2.05) is 0 Å². The van der Waals surface area contributed by atoms with Crippen molar-refractivity contribution in [1.82, 2.24) is 10.2 Å². The summed E-state index contributed by atoms with van der Waals surface area (Å²) in [5, 5.41) is 21.4. The van der Waals surface area contributed by atoms with Gasteiger partial charge in [0, 0.05) is 12.6 Å². The van der Waals surface area contributed by atoms with E-state index in [4.69, 9.17) is 0 Å². The fraction of sp³-hybridized carbons (Fsp3) is 0.867. The van der Waals surface area contributed by atoms with Crippen LogP contribution in [-0.2, 0) is 4.79 Å². The van der Waals surface area contributed by atoms with Gasteiger partial charge in [0.15, 0.2) is 0 Å². The summed E-state index contributed by atoms with van der Waals surface area (Å²) in [6.07, 6.45) is 7.88. The SMILES string of the molecule is O=C(NC1(C(=O)O)CCCC1)N(CCO)C1CCCCC1. The topological polar surface area (TPSA) is 89.9 Å². The van der Waals surface area contributed by atoms with Gasteiger partial charge in [0.05, 0.1) is 6.61 Å². The number of carboxylic acids is 1. The number of urea groups is 1. The third-order valence-corrected chi connectivity index (χ3v) is 4.83. The summed E-state index contributed by atoms with van der Waals surface area (Å²) in [7, 11) is 0. The summed E-state index contributed by atoms with van der Waals surface area (Å²) in [4.78, 5) is 25.7. The molecule has 2 amide bonds. The van der Waals surface area contributed by atoms with E-state index in [1.165, 1.54) is 6.42 Å². The zero-order valence-electron chi connectivity index (χ0n) is 12.5. The lowest BCUT2D eigenvalue weighted by molar-refractivity contribution is -0.144. The van der Waals surface area contributed by atoms with Crippen LogP contribution in [0.2, 0.25) is 0 Å². The Morgan fingerprint density at radius 3 is 2.24 bits per heavy atom. The van der Waals surface area contributed by atoms with Crippen LogP contribution in [0.3, 0.4) is 0 Å². The van der Waals surface area contributed by atoms with Gasteiger partial charge in [-0.1, -0.05) is 32.1 Å². The number of rotatable bonds is 5. The van der Waals surface area contributed by atoms with E-state index in [9.17, 15) is 19.8 Å². The number of carbonyl (C=O) groups is 2. The molecule has 0 atom stereocenters. The molecule has 21 heavy (non-hydrogen) atoms. The van der Waals surface area contributed by atoms with Gasteiger partial charge >= 0.3 is 12.0 Å². The highest BCUT2D eigenvalue weighted by molar-refractivity contribution is 5.86. The fourth-order valence-electron chi connectivity index (χ4n) is 3.60. The third kappa shape index (κ3) is 3.67. The Balaban J connectivity index is 2.05. The minimum Gasteiger partial charge on any atom is -0.480 e. The van der Waals surface area contributed by atoms with Gasteiger partial charge in [0.1, 0.15) is 5.54 Å². The van der Waals surface area contributed by atoms with Gasteiger partial charge in [-0.05, 0) is 25.7 Å². The molecule has 2 aliphatic carbocycles. The quantitative estimate of drug-likeness (QED) is 0.721. The molecule has 3 N–H and O–H groups in total. The highest BCUT2D eigenvalue weighted by Gasteiger charge is 2.43. The summed E-state index contributed by atoms with van der Waals surface area (Å²) in [6, 6.07) is -0.210. The molecule has 6 heteroatoms. The monoisotopic (exact) mass is 298 g/mol. The maximum atomic E-state index is 12.5. The fourth-order valence-corrected chi connectivity index (χ4v) is 3.60. The summed E-state index contributed by atoms with van der Waals surface area (Å²) < 4.78 is 0. The van der Waals surface area contributed by atoms with Crippen LogP contribution in [0.15, 0.2) is 0 Å². The van der Waals surface area contributed by atoms with E-state index in [-0.39, 0.29) is 25.2 Å². The zero-order chi connectivity index (χ0) is 15.3. The molecule has 0 unspecified atom stereocenters. The summed E-state index contributed by atoms with van der Waals surface area (Å²) >= 11 is 0. The molecule has 2 aliphatic rings. The average molecular weight is 298 g/mol. The second-order valence-corrected chi connectivity index (χ2v) is 6.23. The summed E-state index contributed by atoms with van der Waals surface area (Å²) in [6.45, 7) is 0.177. The highest BCUT2D eigenvalue weighted by Crippen LogP contribution is 2.31. The Morgan fingerprint density at radius 2 is 1.71 bits per heavy atom. The van der Waals surface area contributed by atoms with Crippen molar-refractivity contribution in [3.05, 3.63) is 0 Å². The van der Waals surface area contributed by atoms with Crippen molar-refractivity contribution in [3.63, 3.8) is 0 Å². The Labute approximate surface area is 125 Å². The molecule has 2 rings (SSSR count). The van der Waals surface area contributed by atoms with E-state index in [0.29, 0.717) is 12.8 Å². The Bertz CT molecular complexity index is 374. The molecule has 0 aromatic carbocycles. The van der Waals surface area contributed by atoms with E-state index in [0.717, 1.165) is 38.5 Å². The molecule has 0 spiro atoms. The second-order valence-electron chi connectivity index (χ2n) is 6.23. The number of amides is 2. The van der Waals surface area contributed by atoms with Gasteiger partial charge in [-0.15, -0.1) is 0 Å². The number of carbonyl (C=O) groups excluding carboxylic acids is 1. The first-order valence-electron chi connectivity index (χ1n) is 8.02. The average Bonchev–Trinajstić information content (AvgIpc) is 2.95. The molecule has 0 radical (unpaired) electrons. The predicted molar refractivity (Wildman–Crippen MR) is 78.0 cm³/mol. The van der Waals surface area contributed by atoms with Crippen LogP contribution in [-0.4, -0.2) is 51.8 Å². The summed E-state index contributed by atoms with van der Waals surface area (Å²) in [5.41, 5.74) is -1.11. The van der Waals surface area contributed by atoms with Crippen LogP contribution < -0.4 is 5.32 Å². The van der Waals surface area contributed by atoms with Crippen LogP contribution in [0.25, 0.3) is 0 Å². The number of hydrogen-bond acceptors (Lipinski definition) is 3. The number of nitrogens with one attached hydrogen (secondary N) is 1. The Morgan fingerprint density at radius 1 is 1.10 bits per heavy atom. The number of aliphatic hydroxyl groups excluding tert-OH is 1. The number of carboxylic acid groups (broad SMARTS) is 1. The van der Waals surface area contributed by atoms with E-state index in [2.05, 4.69) is 5.32 Å². The van der Waals surface area contributed by atoms with Crippen LogP contribution in [0, 0.1) is 0 Å². The number of aliphatic hydroxyl groups is 1. The van der Waals surface area contributed by atoms with Crippen molar-refractivity contribution < 1.29 is 19.8 Å². The molecular formula is C15H26N2O4. The Hall–Kier alpha value is -1.30. The lowest BCUT2D eigenvalue weighted by atomic mass is 9.94. The number of aliphatic carboxylic acids is 1. The van der Waals surface area contributed by atoms with E-state index in [1.54, 1.807) is 4.90 Å². The van der Waals surface area contributed by atoms with Gasteiger partial charge in [-0.25, -0.2) is 9.59 Å². The second kappa shape index (κ2) is 7.11. The highest BCUT2D eigenvalue weighted by atomic mass is 16.4. The van der Waals surface area contributed by atoms with Crippen LogP contribution in [0.1, 0.15) is 57.8 Å². The van der Waals surface area contributed by atoms with Crippen LogP contribution in [0.4, 0.5) is 4.79 Å². The molecule has 0 bridgehead atoms. The lowest BCUT2D eigenvalue weighted by Gasteiger charge is -2.36. The molecule has 120 valence electrons. The third-order valence-electron chi connectivity index (χ3n) is 4.83. The standard InChI is InChI=1S/C15H26N2O4/c18-11-10-17(12-6-2-1-3-7-12)14(21)16-15(13(19)20)8-4-5-9-15/h12,18H,1-11H2,(H,16,21)(H,19,20). The van der Waals surface area contributed by atoms with Crippen molar-refractivity contribution in [1.29, 1.82) is 0 Å². The first-order valence-corrected chi connectivity index (χ1v) is 8.02. The predicted octanol–water partition coefficient (Wildman–Crippen LogP) is 1.72. The lowest BCUT2D eigenvalue weighted by Crippen LogP contribution is -2.58. The van der Waals surface area contributed by atoms with Gasteiger partial charge in [-0.2, -0.15) is 0 Å². The largest absolute Gasteiger partial charge is 0.480 e. The maximum absolute atomic E-state index is 12.5. The minimum atomic E-state index is -1.11. The number of nitrogens with zero attached hydrogens (tertiary/aromatic N) is 1. The van der Waals surface area contributed by atoms with E-state index < -0.39 is 11.5 Å². The molecule has 2 saturated carbocycles. The molecule has 0 aliphatic heterocycles. The van der Waals surface area contributed by atoms with Crippen LogP contribution >= 0.6 is 0 Å². The molecule has 0 heterocycles. The van der Waals surface area contributed by atoms with Crippen molar-refractivity contribution in [2.45, 2.75) is 69.4 Å². The smallest absolute Gasteiger partial charge is 0.329 e. The molecule has 2 fully saturated rings. The van der Waals surface area contributed by atoms with Gasteiger partial charge < -0.3 is 20.4 Å². The van der Waals surface area contributed by atoms with Gasteiger partial charge in [0.25, 0.3) is 0 Å². The minimum absolute atomic E-state index is 0.0933.